The van der Waals surface area contributed by atoms with Crippen LogP contribution in [0.3, 0.4) is 0 Å². The van der Waals surface area contributed by atoms with Gasteiger partial charge in [0.05, 0.1) is 22.2 Å². The van der Waals surface area contributed by atoms with Crippen LogP contribution in [-0.2, 0) is 14.8 Å². The zero-order valence-corrected chi connectivity index (χ0v) is 14.5. The third-order valence-corrected chi connectivity index (χ3v) is 4.92. The molecule has 2 rings (SSSR count). The summed E-state index contributed by atoms with van der Waals surface area (Å²) < 4.78 is 31.6. The topological polar surface area (TPSA) is 84.5 Å². The highest BCUT2D eigenvalue weighted by Crippen LogP contribution is 2.21. The Balaban J connectivity index is 2.18. The maximum atomic E-state index is 12.3. The maximum Gasteiger partial charge on any atom is 0.255 e. The van der Waals surface area contributed by atoms with Crippen molar-refractivity contribution in [3.63, 3.8) is 0 Å². The van der Waals surface area contributed by atoms with Crippen LogP contribution in [0, 0.1) is 0 Å². The third kappa shape index (κ3) is 4.78. The highest BCUT2D eigenvalue weighted by molar-refractivity contribution is 7.89. The molecule has 0 saturated carbocycles. The summed E-state index contributed by atoms with van der Waals surface area (Å²) in [5, 5.41) is 3.05. The minimum absolute atomic E-state index is 0.00501. The van der Waals surface area contributed by atoms with Gasteiger partial charge in [0.15, 0.2) is 0 Å². The molecule has 0 aromatic heterocycles. The number of ether oxygens (including phenoxy) is 1. The average Bonchev–Trinajstić information content (AvgIpc) is 2.57. The van der Waals surface area contributed by atoms with Gasteiger partial charge in [-0.3, -0.25) is 4.79 Å². The summed E-state index contributed by atoms with van der Waals surface area (Å²) in [6.07, 6.45) is 0. The van der Waals surface area contributed by atoms with Gasteiger partial charge < -0.3 is 10.1 Å². The molecular weight excluding hydrogens is 352 g/mol. The second kappa shape index (κ2) is 8.25. The number of methoxy groups -OCH3 is 1. The van der Waals surface area contributed by atoms with Crippen molar-refractivity contribution in [1.82, 2.24) is 4.72 Å². The average molecular weight is 369 g/mol. The van der Waals surface area contributed by atoms with Crippen molar-refractivity contribution in [3.8, 4) is 0 Å². The van der Waals surface area contributed by atoms with E-state index in [1.807, 2.05) is 0 Å². The largest absolute Gasteiger partial charge is 0.383 e. The molecule has 1 amide bonds. The summed E-state index contributed by atoms with van der Waals surface area (Å²) in [7, 11) is -2.23. The van der Waals surface area contributed by atoms with Crippen LogP contribution < -0.4 is 10.0 Å². The van der Waals surface area contributed by atoms with Gasteiger partial charge in [-0.05, 0) is 30.3 Å². The predicted octanol–water partition coefficient (Wildman–Crippen LogP) is 2.52. The number of amides is 1. The second-order valence-corrected chi connectivity index (χ2v) is 7.03. The molecule has 8 heteroatoms. The van der Waals surface area contributed by atoms with Gasteiger partial charge in [0.1, 0.15) is 0 Å². The summed E-state index contributed by atoms with van der Waals surface area (Å²) in [6.45, 7) is 0.404. The van der Waals surface area contributed by atoms with Gasteiger partial charge in [0.2, 0.25) is 10.0 Å². The fourth-order valence-electron chi connectivity index (χ4n) is 1.92. The first kappa shape index (κ1) is 18.4. The molecule has 0 aliphatic carbocycles. The lowest BCUT2D eigenvalue weighted by Gasteiger charge is -2.09. The Kier molecular flexibility index (Phi) is 6.33. The van der Waals surface area contributed by atoms with Crippen LogP contribution in [0.15, 0.2) is 53.4 Å². The van der Waals surface area contributed by atoms with Crippen LogP contribution in [0.5, 0.6) is 0 Å². The van der Waals surface area contributed by atoms with Gasteiger partial charge in [-0.1, -0.05) is 29.8 Å². The smallest absolute Gasteiger partial charge is 0.255 e. The molecule has 0 aliphatic heterocycles. The van der Waals surface area contributed by atoms with E-state index in [0.29, 0.717) is 10.7 Å². The van der Waals surface area contributed by atoms with Gasteiger partial charge in [-0.25, -0.2) is 13.1 Å². The standard InChI is InChI=1S/C16H17ClN2O4S/c1-23-10-9-18-24(21,22)13-6-4-5-12(11-13)16(20)19-15-8-3-2-7-14(15)17/h2-8,11,18H,9-10H2,1H3,(H,19,20). The molecule has 0 radical (unpaired) electrons. The second-order valence-electron chi connectivity index (χ2n) is 4.85. The van der Waals surface area contributed by atoms with E-state index in [9.17, 15) is 13.2 Å². The first-order valence-corrected chi connectivity index (χ1v) is 8.95. The number of sulfonamides is 1. The van der Waals surface area contributed by atoms with E-state index >= 15 is 0 Å². The molecule has 6 nitrogen and oxygen atoms in total. The van der Waals surface area contributed by atoms with Gasteiger partial charge in [-0.15, -0.1) is 0 Å². The minimum atomic E-state index is -3.71. The van der Waals surface area contributed by atoms with Crippen LogP contribution in [0.25, 0.3) is 0 Å². The molecular formula is C16H17ClN2O4S. The molecule has 0 fully saturated rings. The molecule has 2 N–H and O–H groups in total. The van der Waals surface area contributed by atoms with E-state index in [4.69, 9.17) is 16.3 Å². The van der Waals surface area contributed by atoms with Crippen LogP contribution in [-0.4, -0.2) is 34.6 Å². The molecule has 0 spiro atoms. The third-order valence-electron chi connectivity index (χ3n) is 3.13. The van der Waals surface area contributed by atoms with Crippen molar-refractivity contribution in [2.75, 3.05) is 25.6 Å². The van der Waals surface area contributed by atoms with Crippen LogP contribution in [0.2, 0.25) is 5.02 Å². The number of hydrogen-bond donors (Lipinski definition) is 2. The highest BCUT2D eigenvalue weighted by Gasteiger charge is 2.16. The monoisotopic (exact) mass is 368 g/mol. The van der Waals surface area contributed by atoms with Crippen molar-refractivity contribution < 1.29 is 17.9 Å². The Bertz CT molecular complexity index is 824. The lowest BCUT2D eigenvalue weighted by molar-refractivity contribution is 0.102. The molecule has 0 bridgehead atoms. The molecule has 2 aromatic carbocycles. The van der Waals surface area contributed by atoms with E-state index in [1.54, 1.807) is 24.3 Å². The molecule has 2 aromatic rings. The van der Waals surface area contributed by atoms with Crippen LogP contribution in [0.4, 0.5) is 5.69 Å². The number of rotatable bonds is 7. The SMILES string of the molecule is COCCNS(=O)(=O)c1cccc(C(=O)Nc2ccccc2Cl)c1. The fraction of sp³-hybridized carbons (Fsp3) is 0.188. The van der Waals surface area contributed by atoms with E-state index in [0.717, 1.165) is 0 Å². The number of benzene rings is 2. The highest BCUT2D eigenvalue weighted by atomic mass is 35.5. The van der Waals surface area contributed by atoms with E-state index in [-0.39, 0.29) is 23.6 Å². The van der Waals surface area contributed by atoms with E-state index < -0.39 is 15.9 Å². The molecule has 0 heterocycles. The minimum Gasteiger partial charge on any atom is -0.383 e. The number of anilines is 1. The zero-order valence-electron chi connectivity index (χ0n) is 13.0. The lowest BCUT2D eigenvalue weighted by atomic mass is 10.2. The van der Waals surface area contributed by atoms with Crippen molar-refractivity contribution in [2.24, 2.45) is 0 Å². The van der Waals surface area contributed by atoms with Crippen molar-refractivity contribution in [3.05, 3.63) is 59.1 Å². The molecule has 0 aliphatic rings. The van der Waals surface area contributed by atoms with Gasteiger partial charge in [-0.2, -0.15) is 0 Å². The first-order chi connectivity index (χ1) is 11.4. The Labute approximate surface area is 145 Å². The van der Waals surface area contributed by atoms with Crippen molar-refractivity contribution in [2.45, 2.75) is 4.90 Å². The summed E-state index contributed by atoms with van der Waals surface area (Å²) in [5.41, 5.74) is 0.667. The van der Waals surface area contributed by atoms with E-state index in [2.05, 4.69) is 10.0 Å². The lowest BCUT2D eigenvalue weighted by Crippen LogP contribution is -2.27. The Hall–Kier alpha value is -1.93. The molecule has 128 valence electrons. The summed E-state index contributed by atoms with van der Waals surface area (Å²) in [4.78, 5) is 12.3. The number of carbonyl (C=O) groups is 1. The number of nitrogens with one attached hydrogen (secondary N) is 2. The van der Waals surface area contributed by atoms with Crippen molar-refractivity contribution in [1.29, 1.82) is 0 Å². The number of hydrogen-bond acceptors (Lipinski definition) is 4. The maximum absolute atomic E-state index is 12.3. The quantitative estimate of drug-likeness (QED) is 0.735. The van der Waals surface area contributed by atoms with Crippen molar-refractivity contribution >= 4 is 33.2 Å². The zero-order chi connectivity index (χ0) is 17.6. The molecule has 24 heavy (non-hydrogen) atoms. The Morgan fingerprint density at radius 1 is 1.17 bits per heavy atom. The van der Waals surface area contributed by atoms with Gasteiger partial charge in [0.25, 0.3) is 5.91 Å². The van der Waals surface area contributed by atoms with Gasteiger partial charge >= 0.3 is 0 Å². The number of carbonyl (C=O) groups excluding carboxylic acids is 1. The number of halogens is 1. The molecule has 0 unspecified atom stereocenters. The van der Waals surface area contributed by atoms with Crippen LogP contribution in [0.1, 0.15) is 10.4 Å². The Morgan fingerprint density at radius 2 is 1.92 bits per heavy atom. The summed E-state index contributed by atoms with van der Waals surface area (Å²) in [6, 6.07) is 12.6. The van der Waals surface area contributed by atoms with E-state index in [1.165, 1.54) is 31.4 Å². The predicted molar refractivity (Wildman–Crippen MR) is 92.9 cm³/mol. The molecule has 0 saturated heterocycles. The fourth-order valence-corrected chi connectivity index (χ4v) is 3.16. The first-order valence-electron chi connectivity index (χ1n) is 7.08. The Morgan fingerprint density at radius 3 is 2.62 bits per heavy atom. The number of para-hydroxylation sites is 1. The summed E-state index contributed by atoms with van der Waals surface area (Å²) in [5.74, 6) is -0.447. The van der Waals surface area contributed by atoms with Gasteiger partial charge in [0, 0.05) is 19.2 Å². The normalized spacial score (nSPS) is 11.2. The summed E-state index contributed by atoms with van der Waals surface area (Å²) >= 11 is 6.00. The van der Waals surface area contributed by atoms with Crippen LogP contribution >= 0.6 is 11.6 Å². The molecule has 0 atom stereocenters.